The summed E-state index contributed by atoms with van der Waals surface area (Å²) in [4.78, 5) is 0. The van der Waals surface area contributed by atoms with Crippen molar-refractivity contribution in [3.8, 4) is 11.5 Å². The van der Waals surface area contributed by atoms with E-state index in [0.717, 1.165) is 24.3 Å². The molecule has 0 aliphatic carbocycles. The Hall–Kier alpha value is -1.22. The first-order valence-corrected chi connectivity index (χ1v) is 5.72. The Kier molecular flexibility index (Phi) is 5.12. The molecule has 16 heavy (non-hydrogen) atoms. The van der Waals surface area contributed by atoms with Crippen LogP contribution in [0.2, 0.25) is 0 Å². The standard InChI is InChI=1S/C13H21NO2/c1-4-16-12-8-7-11(6-5-10(2)14)9-13(12)15-3/h7-10H,4-6,14H2,1-3H3/t10-/m1/s1. The minimum Gasteiger partial charge on any atom is -0.493 e. The number of rotatable bonds is 6. The molecule has 0 saturated carbocycles. The molecular weight excluding hydrogens is 202 g/mol. The lowest BCUT2D eigenvalue weighted by molar-refractivity contribution is 0.310. The second kappa shape index (κ2) is 6.38. The van der Waals surface area contributed by atoms with E-state index < -0.39 is 0 Å². The predicted octanol–water partition coefficient (Wildman–Crippen LogP) is 2.37. The maximum Gasteiger partial charge on any atom is 0.161 e. The summed E-state index contributed by atoms with van der Waals surface area (Å²) in [5, 5.41) is 0. The van der Waals surface area contributed by atoms with Crippen molar-refractivity contribution in [1.29, 1.82) is 0 Å². The molecule has 0 aromatic heterocycles. The molecule has 0 spiro atoms. The highest BCUT2D eigenvalue weighted by Crippen LogP contribution is 2.28. The van der Waals surface area contributed by atoms with Crippen LogP contribution in [0.3, 0.4) is 0 Å². The average molecular weight is 223 g/mol. The van der Waals surface area contributed by atoms with Crippen molar-refractivity contribution in [3.63, 3.8) is 0 Å². The van der Waals surface area contributed by atoms with E-state index in [4.69, 9.17) is 15.2 Å². The summed E-state index contributed by atoms with van der Waals surface area (Å²) in [5.74, 6) is 1.60. The van der Waals surface area contributed by atoms with Crippen molar-refractivity contribution in [3.05, 3.63) is 23.8 Å². The number of benzene rings is 1. The summed E-state index contributed by atoms with van der Waals surface area (Å²) in [7, 11) is 1.66. The average Bonchev–Trinajstić information content (AvgIpc) is 2.28. The normalized spacial score (nSPS) is 12.2. The molecule has 0 amide bonds. The van der Waals surface area contributed by atoms with Crippen LogP contribution in [0.4, 0.5) is 0 Å². The first-order chi connectivity index (χ1) is 7.67. The summed E-state index contributed by atoms with van der Waals surface area (Å²) >= 11 is 0. The fourth-order valence-electron chi connectivity index (χ4n) is 1.54. The van der Waals surface area contributed by atoms with Crippen molar-refractivity contribution in [2.75, 3.05) is 13.7 Å². The highest BCUT2D eigenvalue weighted by Gasteiger charge is 2.05. The Bertz CT molecular complexity index is 324. The molecular formula is C13H21NO2. The molecule has 0 unspecified atom stereocenters. The van der Waals surface area contributed by atoms with E-state index in [-0.39, 0.29) is 6.04 Å². The van der Waals surface area contributed by atoms with Crippen molar-refractivity contribution in [2.24, 2.45) is 5.73 Å². The van der Waals surface area contributed by atoms with Crippen molar-refractivity contribution in [2.45, 2.75) is 32.7 Å². The first-order valence-electron chi connectivity index (χ1n) is 5.72. The van der Waals surface area contributed by atoms with Gasteiger partial charge in [-0.25, -0.2) is 0 Å². The molecule has 1 aromatic rings. The fraction of sp³-hybridized carbons (Fsp3) is 0.538. The van der Waals surface area contributed by atoms with Gasteiger partial charge in [-0.15, -0.1) is 0 Å². The highest BCUT2D eigenvalue weighted by atomic mass is 16.5. The van der Waals surface area contributed by atoms with E-state index in [1.165, 1.54) is 5.56 Å². The molecule has 3 nitrogen and oxygen atoms in total. The first kappa shape index (κ1) is 12.8. The number of methoxy groups -OCH3 is 1. The summed E-state index contributed by atoms with van der Waals surface area (Å²) in [6.45, 7) is 4.63. The van der Waals surface area contributed by atoms with Gasteiger partial charge in [0.15, 0.2) is 11.5 Å². The topological polar surface area (TPSA) is 44.5 Å². The molecule has 0 heterocycles. The van der Waals surface area contributed by atoms with E-state index >= 15 is 0 Å². The molecule has 1 atom stereocenters. The van der Waals surface area contributed by atoms with Gasteiger partial charge < -0.3 is 15.2 Å². The minimum atomic E-state index is 0.234. The molecule has 0 bridgehead atoms. The van der Waals surface area contributed by atoms with Gasteiger partial charge in [0.2, 0.25) is 0 Å². The van der Waals surface area contributed by atoms with E-state index in [9.17, 15) is 0 Å². The molecule has 0 radical (unpaired) electrons. The van der Waals surface area contributed by atoms with Crippen LogP contribution < -0.4 is 15.2 Å². The molecule has 1 rings (SSSR count). The fourth-order valence-corrected chi connectivity index (χ4v) is 1.54. The third kappa shape index (κ3) is 3.74. The molecule has 3 heteroatoms. The van der Waals surface area contributed by atoms with Crippen LogP contribution in [0.1, 0.15) is 25.8 Å². The molecule has 0 saturated heterocycles. The molecule has 1 aromatic carbocycles. The van der Waals surface area contributed by atoms with Crippen molar-refractivity contribution < 1.29 is 9.47 Å². The zero-order valence-electron chi connectivity index (χ0n) is 10.3. The lowest BCUT2D eigenvalue weighted by atomic mass is 10.1. The zero-order valence-corrected chi connectivity index (χ0v) is 10.3. The smallest absolute Gasteiger partial charge is 0.161 e. The maximum atomic E-state index is 5.73. The third-order valence-corrected chi connectivity index (χ3v) is 2.42. The summed E-state index contributed by atoms with van der Waals surface area (Å²) in [6, 6.07) is 6.28. The SMILES string of the molecule is CCOc1ccc(CC[C@@H](C)N)cc1OC. The Balaban J connectivity index is 2.74. The molecule has 0 aliphatic heterocycles. The van der Waals surface area contributed by atoms with Crippen molar-refractivity contribution >= 4 is 0 Å². The van der Waals surface area contributed by atoms with E-state index in [1.54, 1.807) is 7.11 Å². The number of aryl methyl sites for hydroxylation is 1. The van der Waals surface area contributed by atoms with Crippen LogP contribution in [-0.2, 0) is 6.42 Å². The molecule has 0 aliphatic rings. The number of hydrogen-bond donors (Lipinski definition) is 1. The zero-order chi connectivity index (χ0) is 12.0. The molecule has 2 N–H and O–H groups in total. The van der Waals surface area contributed by atoms with Crippen molar-refractivity contribution in [1.82, 2.24) is 0 Å². The van der Waals surface area contributed by atoms with Gasteiger partial charge in [-0.1, -0.05) is 6.07 Å². The summed E-state index contributed by atoms with van der Waals surface area (Å²) in [5.41, 5.74) is 6.97. The van der Waals surface area contributed by atoms with E-state index in [1.807, 2.05) is 26.0 Å². The van der Waals surface area contributed by atoms with Crippen LogP contribution in [0.15, 0.2) is 18.2 Å². The lowest BCUT2D eigenvalue weighted by Crippen LogP contribution is -2.15. The predicted molar refractivity (Wildman–Crippen MR) is 66.1 cm³/mol. The second-order valence-corrected chi connectivity index (χ2v) is 3.93. The Morgan fingerprint density at radius 3 is 2.62 bits per heavy atom. The van der Waals surface area contributed by atoms with Gasteiger partial charge in [-0.2, -0.15) is 0 Å². The third-order valence-electron chi connectivity index (χ3n) is 2.42. The van der Waals surface area contributed by atoms with Crippen LogP contribution in [0, 0.1) is 0 Å². The number of ether oxygens (including phenoxy) is 2. The largest absolute Gasteiger partial charge is 0.493 e. The van der Waals surface area contributed by atoms with Crippen LogP contribution in [0.25, 0.3) is 0 Å². The van der Waals surface area contributed by atoms with Crippen LogP contribution in [0.5, 0.6) is 11.5 Å². The van der Waals surface area contributed by atoms with Crippen LogP contribution >= 0.6 is 0 Å². The Morgan fingerprint density at radius 2 is 2.06 bits per heavy atom. The van der Waals surface area contributed by atoms with Gasteiger partial charge in [-0.3, -0.25) is 0 Å². The van der Waals surface area contributed by atoms with Crippen LogP contribution in [-0.4, -0.2) is 19.8 Å². The second-order valence-electron chi connectivity index (χ2n) is 3.93. The Labute approximate surface area is 97.6 Å². The van der Waals surface area contributed by atoms with Gasteiger partial charge in [0.25, 0.3) is 0 Å². The van der Waals surface area contributed by atoms with Gasteiger partial charge in [0.1, 0.15) is 0 Å². The molecule has 0 fully saturated rings. The number of hydrogen-bond acceptors (Lipinski definition) is 3. The maximum absolute atomic E-state index is 5.73. The Morgan fingerprint density at radius 1 is 1.31 bits per heavy atom. The van der Waals surface area contributed by atoms with Gasteiger partial charge in [0, 0.05) is 6.04 Å². The lowest BCUT2D eigenvalue weighted by Gasteiger charge is -2.11. The van der Waals surface area contributed by atoms with Gasteiger partial charge in [0.05, 0.1) is 13.7 Å². The molecule has 90 valence electrons. The van der Waals surface area contributed by atoms with E-state index in [0.29, 0.717) is 6.61 Å². The van der Waals surface area contributed by atoms with Gasteiger partial charge >= 0.3 is 0 Å². The number of nitrogens with two attached hydrogens (primary N) is 1. The summed E-state index contributed by atoms with van der Waals surface area (Å²) < 4.78 is 10.7. The monoisotopic (exact) mass is 223 g/mol. The minimum absolute atomic E-state index is 0.234. The quantitative estimate of drug-likeness (QED) is 0.805. The van der Waals surface area contributed by atoms with Gasteiger partial charge in [-0.05, 0) is 44.4 Å². The van der Waals surface area contributed by atoms with E-state index in [2.05, 4.69) is 6.07 Å². The highest BCUT2D eigenvalue weighted by molar-refractivity contribution is 5.43. The summed E-state index contributed by atoms with van der Waals surface area (Å²) in [6.07, 6.45) is 1.96.